The summed E-state index contributed by atoms with van der Waals surface area (Å²) in [6.07, 6.45) is 1.47. The van der Waals surface area contributed by atoms with Crippen molar-refractivity contribution in [1.82, 2.24) is 4.90 Å². The topological polar surface area (TPSA) is 96.0 Å². The third-order valence-electron chi connectivity index (χ3n) is 3.23. The number of phenolic OH excluding ortho intramolecular Hbond substituents is 1. The highest BCUT2D eigenvalue weighted by Crippen LogP contribution is 2.36. The van der Waals surface area contributed by atoms with Crippen molar-refractivity contribution in [1.29, 1.82) is 0 Å². The van der Waals surface area contributed by atoms with Gasteiger partial charge in [-0.2, -0.15) is 0 Å². The third-order valence-corrected chi connectivity index (χ3v) is 4.23. The minimum atomic E-state index is -0.545. The first-order valence-electron chi connectivity index (χ1n) is 7.49. The number of nitrogens with zero attached hydrogens (tertiary/aromatic N) is 3. The van der Waals surface area contributed by atoms with E-state index >= 15 is 0 Å². The first kappa shape index (κ1) is 18.0. The lowest BCUT2D eigenvalue weighted by molar-refractivity contribution is -0.384. The molecule has 1 N–H and O–H groups in total. The van der Waals surface area contributed by atoms with E-state index in [0.29, 0.717) is 10.1 Å². The van der Waals surface area contributed by atoms with Crippen molar-refractivity contribution in [2.75, 3.05) is 0 Å². The minimum Gasteiger partial charge on any atom is -0.507 e. The van der Waals surface area contributed by atoms with Crippen molar-refractivity contribution < 1.29 is 14.8 Å². The molecule has 1 aromatic rings. The first-order valence-corrected chi connectivity index (χ1v) is 8.30. The molecule has 0 aromatic heterocycles. The van der Waals surface area contributed by atoms with Crippen LogP contribution in [0.1, 0.15) is 33.3 Å². The van der Waals surface area contributed by atoms with Gasteiger partial charge in [0.05, 0.1) is 9.83 Å². The largest absolute Gasteiger partial charge is 0.507 e. The smallest absolute Gasteiger partial charge is 0.270 e. The van der Waals surface area contributed by atoms with E-state index in [1.807, 2.05) is 27.7 Å². The summed E-state index contributed by atoms with van der Waals surface area (Å²) in [6.45, 7) is 7.62. The molecule has 1 aliphatic heterocycles. The van der Waals surface area contributed by atoms with Crippen LogP contribution < -0.4 is 0 Å². The van der Waals surface area contributed by atoms with Crippen molar-refractivity contribution in [3.8, 4) is 5.75 Å². The van der Waals surface area contributed by atoms with Gasteiger partial charge in [-0.1, -0.05) is 0 Å². The normalized spacial score (nSPS) is 18.4. The summed E-state index contributed by atoms with van der Waals surface area (Å²) in [5, 5.41) is 21.4. The molecule has 8 heteroatoms. The molecule has 1 aromatic carbocycles. The molecular weight excluding hydrogens is 330 g/mol. The molecule has 1 fully saturated rings. The zero-order chi connectivity index (χ0) is 18.0. The fraction of sp³-hybridized carbons (Fsp3) is 0.375. The molecule has 0 radical (unpaired) electrons. The Hall–Kier alpha value is -2.35. The Morgan fingerprint density at radius 3 is 2.54 bits per heavy atom. The summed E-state index contributed by atoms with van der Waals surface area (Å²) in [7, 11) is 0. The Morgan fingerprint density at radius 2 is 2.00 bits per heavy atom. The predicted octanol–water partition coefficient (Wildman–Crippen LogP) is 3.39. The van der Waals surface area contributed by atoms with Crippen LogP contribution in [-0.2, 0) is 4.79 Å². The Balaban J connectivity index is 2.46. The number of amidine groups is 1. The second-order valence-electron chi connectivity index (χ2n) is 5.89. The van der Waals surface area contributed by atoms with Gasteiger partial charge in [-0.3, -0.25) is 24.8 Å². The van der Waals surface area contributed by atoms with Crippen molar-refractivity contribution in [2.24, 2.45) is 4.99 Å². The third kappa shape index (κ3) is 3.76. The summed E-state index contributed by atoms with van der Waals surface area (Å²) in [5.74, 6) is -0.341. The Labute approximate surface area is 144 Å². The molecule has 1 amide bonds. The quantitative estimate of drug-likeness (QED) is 0.510. The van der Waals surface area contributed by atoms with Gasteiger partial charge in [0, 0.05) is 29.8 Å². The Bertz CT molecular complexity index is 741. The van der Waals surface area contributed by atoms with Gasteiger partial charge in [-0.15, -0.1) is 0 Å². The SMILES string of the molecule is CC(C)N=C1S/C(=C/c2cc([N+](=O)[O-])ccc2O)C(=O)N1C(C)C. The molecule has 2 rings (SSSR count). The van der Waals surface area contributed by atoms with Crippen molar-refractivity contribution in [3.63, 3.8) is 0 Å². The van der Waals surface area contributed by atoms with Crippen molar-refractivity contribution >= 4 is 34.6 Å². The number of benzene rings is 1. The summed E-state index contributed by atoms with van der Waals surface area (Å²) in [6, 6.07) is 3.68. The lowest BCUT2D eigenvalue weighted by Crippen LogP contribution is -2.35. The molecule has 1 aliphatic rings. The molecular formula is C16H19N3O4S. The average Bonchev–Trinajstić information content (AvgIpc) is 2.76. The molecule has 0 aliphatic carbocycles. The van der Waals surface area contributed by atoms with Gasteiger partial charge in [0.1, 0.15) is 5.75 Å². The Kier molecular flexibility index (Phi) is 5.28. The molecule has 0 spiro atoms. The van der Waals surface area contributed by atoms with E-state index in [0.717, 1.165) is 0 Å². The van der Waals surface area contributed by atoms with Crippen LogP contribution in [0.3, 0.4) is 0 Å². The van der Waals surface area contributed by atoms with E-state index in [1.165, 1.54) is 36.0 Å². The maximum Gasteiger partial charge on any atom is 0.270 e. The monoisotopic (exact) mass is 349 g/mol. The molecule has 0 atom stereocenters. The van der Waals surface area contributed by atoms with Gasteiger partial charge >= 0.3 is 0 Å². The van der Waals surface area contributed by atoms with E-state index in [2.05, 4.69) is 4.99 Å². The number of carbonyl (C=O) groups excluding carboxylic acids is 1. The van der Waals surface area contributed by atoms with Crippen molar-refractivity contribution in [3.05, 3.63) is 38.8 Å². The lowest BCUT2D eigenvalue weighted by atomic mass is 10.1. The lowest BCUT2D eigenvalue weighted by Gasteiger charge is -2.20. The van der Waals surface area contributed by atoms with Gasteiger partial charge in [-0.05, 0) is 51.6 Å². The van der Waals surface area contributed by atoms with Gasteiger partial charge in [0.2, 0.25) is 0 Å². The number of carbonyl (C=O) groups is 1. The second kappa shape index (κ2) is 7.04. The fourth-order valence-corrected chi connectivity index (χ4v) is 3.39. The predicted molar refractivity (Wildman–Crippen MR) is 94.9 cm³/mol. The highest BCUT2D eigenvalue weighted by molar-refractivity contribution is 8.18. The van der Waals surface area contributed by atoms with Crippen LogP contribution >= 0.6 is 11.8 Å². The number of amides is 1. The average molecular weight is 349 g/mol. The molecule has 1 heterocycles. The number of nitro groups is 1. The summed E-state index contributed by atoms with van der Waals surface area (Å²) < 4.78 is 0. The maximum atomic E-state index is 12.6. The number of aromatic hydroxyl groups is 1. The summed E-state index contributed by atoms with van der Waals surface area (Å²) in [4.78, 5) is 29.4. The van der Waals surface area contributed by atoms with Gasteiger partial charge in [-0.25, -0.2) is 0 Å². The molecule has 0 unspecified atom stereocenters. The second-order valence-corrected chi connectivity index (χ2v) is 6.89. The number of non-ortho nitro benzene ring substituents is 1. The number of hydrogen-bond acceptors (Lipinski definition) is 6. The van der Waals surface area contributed by atoms with Crippen LogP contribution in [0.15, 0.2) is 28.1 Å². The number of rotatable bonds is 4. The van der Waals surface area contributed by atoms with E-state index in [1.54, 1.807) is 4.90 Å². The molecule has 1 saturated heterocycles. The van der Waals surface area contributed by atoms with Gasteiger partial charge in [0.15, 0.2) is 5.17 Å². The highest BCUT2D eigenvalue weighted by Gasteiger charge is 2.35. The van der Waals surface area contributed by atoms with Crippen LogP contribution in [0.25, 0.3) is 6.08 Å². The van der Waals surface area contributed by atoms with Crippen LogP contribution in [0.2, 0.25) is 0 Å². The Morgan fingerprint density at radius 1 is 1.33 bits per heavy atom. The zero-order valence-electron chi connectivity index (χ0n) is 13.9. The van der Waals surface area contributed by atoms with Gasteiger partial charge in [0.25, 0.3) is 11.6 Å². The van der Waals surface area contributed by atoms with Crippen molar-refractivity contribution in [2.45, 2.75) is 39.8 Å². The number of phenols is 1. The highest BCUT2D eigenvalue weighted by atomic mass is 32.2. The number of nitro benzene ring substituents is 1. The van der Waals surface area contributed by atoms with E-state index < -0.39 is 4.92 Å². The van der Waals surface area contributed by atoms with E-state index in [-0.39, 0.29) is 35.0 Å². The fourth-order valence-electron chi connectivity index (χ4n) is 2.17. The molecule has 24 heavy (non-hydrogen) atoms. The zero-order valence-corrected chi connectivity index (χ0v) is 14.7. The molecule has 128 valence electrons. The first-order chi connectivity index (χ1) is 11.2. The van der Waals surface area contributed by atoms with E-state index in [9.17, 15) is 20.0 Å². The van der Waals surface area contributed by atoms with Crippen LogP contribution in [0, 0.1) is 10.1 Å². The number of hydrogen-bond donors (Lipinski definition) is 1. The summed E-state index contributed by atoms with van der Waals surface area (Å²) >= 11 is 1.21. The maximum absolute atomic E-state index is 12.6. The number of aliphatic imine (C=N–C) groups is 1. The van der Waals surface area contributed by atoms with Gasteiger partial charge < -0.3 is 5.11 Å². The molecule has 0 saturated carbocycles. The van der Waals surface area contributed by atoms with E-state index in [4.69, 9.17) is 0 Å². The van der Waals surface area contributed by atoms with Crippen LogP contribution in [0.4, 0.5) is 5.69 Å². The summed E-state index contributed by atoms with van der Waals surface area (Å²) in [5.41, 5.74) is 0.0847. The number of thioether (sulfide) groups is 1. The van der Waals surface area contributed by atoms with Crippen LogP contribution in [-0.4, -0.2) is 38.1 Å². The molecule has 7 nitrogen and oxygen atoms in total. The standard InChI is InChI=1S/C16H19N3O4S/c1-9(2)17-16-18(10(3)4)15(21)14(24-16)8-11-7-12(19(22)23)5-6-13(11)20/h5-10,20H,1-4H3/b14-8+,17-16?. The molecule has 0 bridgehead atoms. The van der Waals surface area contributed by atoms with Crippen LogP contribution in [0.5, 0.6) is 5.75 Å². The minimum absolute atomic E-state index is 0.0344.